The third kappa shape index (κ3) is 2.79. The van der Waals surface area contributed by atoms with Crippen LogP contribution in [0.1, 0.15) is 17.8 Å². The average molecular weight is 178 g/mol. The van der Waals surface area contributed by atoms with Gasteiger partial charge in [0.05, 0.1) is 5.69 Å². The summed E-state index contributed by atoms with van der Waals surface area (Å²) in [6, 6.07) is 2.05. The highest BCUT2D eigenvalue weighted by atomic mass is 15.3. The van der Waals surface area contributed by atoms with Crippen molar-refractivity contribution < 1.29 is 0 Å². The smallest absolute Gasteiger partial charge is 0.176 e. The van der Waals surface area contributed by atoms with E-state index in [0.29, 0.717) is 0 Å². The third-order valence-corrected chi connectivity index (χ3v) is 1.85. The van der Waals surface area contributed by atoms with Gasteiger partial charge in [0, 0.05) is 18.8 Å². The van der Waals surface area contributed by atoms with Gasteiger partial charge in [-0.1, -0.05) is 0 Å². The van der Waals surface area contributed by atoms with Crippen molar-refractivity contribution in [1.82, 2.24) is 15.1 Å². The molecule has 4 heteroatoms. The molecule has 70 valence electrons. The molecule has 0 spiro atoms. The molecule has 0 saturated heterocycles. The van der Waals surface area contributed by atoms with Gasteiger partial charge in [-0.2, -0.15) is 10.4 Å². The highest BCUT2D eigenvalue weighted by molar-refractivity contribution is 5.06. The van der Waals surface area contributed by atoms with Crippen molar-refractivity contribution in [3.8, 4) is 6.19 Å². The Morgan fingerprint density at radius 2 is 2.38 bits per heavy atom. The molecule has 0 aliphatic rings. The molecule has 0 amide bonds. The van der Waals surface area contributed by atoms with Gasteiger partial charge in [-0.25, -0.2) is 0 Å². The van der Waals surface area contributed by atoms with E-state index in [1.165, 1.54) is 5.69 Å². The van der Waals surface area contributed by atoms with E-state index in [1.54, 1.807) is 0 Å². The number of hydrogen-bond donors (Lipinski definition) is 1. The van der Waals surface area contributed by atoms with Crippen molar-refractivity contribution >= 4 is 0 Å². The average Bonchev–Trinajstić information content (AvgIpc) is 2.39. The molecule has 0 atom stereocenters. The van der Waals surface area contributed by atoms with E-state index >= 15 is 0 Å². The minimum Gasteiger partial charge on any atom is -0.324 e. The predicted octanol–water partition coefficient (Wildman–Crippen LogP) is 0.961. The Balaban J connectivity index is 2.37. The molecule has 1 rings (SSSR count). The van der Waals surface area contributed by atoms with Crippen LogP contribution in [0.25, 0.3) is 0 Å². The maximum absolute atomic E-state index is 8.24. The monoisotopic (exact) mass is 178 g/mol. The molecule has 0 radical (unpaired) electrons. The summed E-state index contributed by atoms with van der Waals surface area (Å²) in [4.78, 5) is 0. The number of aromatic nitrogens is 2. The molecular weight excluding hydrogens is 164 g/mol. The lowest BCUT2D eigenvalue weighted by Gasteiger charge is -2.02. The molecule has 0 bridgehead atoms. The Hall–Kier alpha value is -1.50. The quantitative estimate of drug-likeness (QED) is 0.424. The van der Waals surface area contributed by atoms with Gasteiger partial charge in [0.2, 0.25) is 0 Å². The zero-order valence-corrected chi connectivity index (χ0v) is 8.04. The SMILES string of the molecule is Cc1cc(C)n(CCCNC#N)n1. The van der Waals surface area contributed by atoms with Crippen molar-refractivity contribution in [2.75, 3.05) is 6.54 Å². The van der Waals surface area contributed by atoms with Crippen LogP contribution < -0.4 is 5.32 Å². The van der Waals surface area contributed by atoms with E-state index in [0.717, 1.165) is 25.2 Å². The van der Waals surface area contributed by atoms with Crippen LogP contribution in [0.3, 0.4) is 0 Å². The maximum atomic E-state index is 8.24. The van der Waals surface area contributed by atoms with E-state index in [2.05, 4.69) is 16.5 Å². The van der Waals surface area contributed by atoms with E-state index in [-0.39, 0.29) is 0 Å². The van der Waals surface area contributed by atoms with Gasteiger partial charge in [0.15, 0.2) is 6.19 Å². The lowest BCUT2D eigenvalue weighted by molar-refractivity contribution is 0.555. The number of aryl methyl sites for hydroxylation is 3. The Bertz CT molecular complexity index is 308. The summed E-state index contributed by atoms with van der Waals surface area (Å²) in [7, 11) is 0. The van der Waals surface area contributed by atoms with E-state index in [9.17, 15) is 0 Å². The van der Waals surface area contributed by atoms with Crippen LogP contribution in [0.15, 0.2) is 6.07 Å². The van der Waals surface area contributed by atoms with Crippen molar-refractivity contribution in [2.45, 2.75) is 26.8 Å². The first-order valence-corrected chi connectivity index (χ1v) is 4.37. The van der Waals surface area contributed by atoms with Gasteiger partial charge >= 0.3 is 0 Å². The molecule has 0 aliphatic carbocycles. The first kappa shape index (κ1) is 9.59. The van der Waals surface area contributed by atoms with Crippen LogP contribution in [-0.2, 0) is 6.54 Å². The van der Waals surface area contributed by atoms with Gasteiger partial charge in [-0.05, 0) is 26.3 Å². The van der Waals surface area contributed by atoms with Crippen LogP contribution >= 0.6 is 0 Å². The van der Waals surface area contributed by atoms with Crippen molar-refractivity contribution in [3.63, 3.8) is 0 Å². The van der Waals surface area contributed by atoms with Crippen molar-refractivity contribution in [1.29, 1.82) is 5.26 Å². The molecule has 0 unspecified atom stereocenters. The molecule has 1 aromatic rings. The van der Waals surface area contributed by atoms with Crippen molar-refractivity contribution in [3.05, 3.63) is 17.5 Å². The van der Waals surface area contributed by atoms with E-state index in [4.69, 9.17) is 5.26 Å². The maximum Gasteiger partial charge on any atom is 0.176 e. The lowest BCUT2D eigenvalue weighted by Crippen LogP contribution is -2.12. The summed E-state index contributed by atoms with van der Waals surface area (Å²) < 4.78 is 1.97. The molecule has 0 fully saturated rings. The summed E-state index contributed by atoms with van der Waals surface area (Å²) in [6.07, 6.45) is 2.82. The lowest BCUT2D eigenvalue weighted by atomic mass is 10.4. The largest absolute Gasteiger partial charge is 0.324 e. The fourth-order valence-electron chi connectivity index (χ4n) is 1.27. The Labute approximate surface area is 78.2 Å². The second-order valence-electron chi connectivity index (χ2n) is 3.04. The number of rotatable bonds is 4. The first-order chi connectivity index (χ1) is 6.24. The van der Waals surface area contributed by atoms with E-state index in [1.807, 2.05) is 24.7 Å². The molecule has 0 saturated carbocycles. The number of hydrogen-bond acceptors (Lipinski definition) is 3. The number of nitrogens with one attached hydrogen (secondary N) is 1. The summed E-state index contributed by atoms with van der Waals surface area (Å²) in [5, 5.41) is 15.2. The molecular formula is C9H14N4. The third-order valence-electron chi connectivity index (χ3n) is 1.85. The Morgan fingerprint density at radius 1 is 1.62 bits per heavy atom. The Morgan fingerprint density at radius 3 is 2.92 bits per heavy atom. The molecule has 0 aromatic carbocycles. The standard InChI is InChI=1S/C9H14N4/c1-8-6-9(2)13(12-8)5-3-4-11-7-10/h6,11H,3-5H2,1-2H3. The zero-order valence-electron chi connectivity index (χ0n) is 8.04. The van der Waals surface area contributed by atoms with Crippen molar-refractivity contribution in [2.24, 2.45) is 0 Å². The van der Waals surface area contributed by atoms with E-state index < -0.39 is 0 Å². The van der Waals surface area contributed by atoms with Gasteiger partial charge in [-0.3, -0.25) is 4.68 Å². The molecule has 1 heterocycles. The fraction of sp³-hybridized carbons (Fsp3) is 0.556. The second-order valence-corrected chi connectivity index (χ2v) is 3.04. The minimum absolute atomic E-state index is 0.717. The fourth-order valence-corrected chi connectivity index (χ4v) is 1.27. The number of nitriles is 1. The molecule has 13 heavy (non-hydrogen) atoms. The zero-order chi connectivity index (χ0) is 9.68. The topological polar surface area (TPSA) is 53.6 Å². The summed E-state index contributed by atoms with van der Waals surface area (Å²) >= 11 is 0. The highest BCUT2D eigenvalue weighted by Crippen LogP contribution is 2.01. The van der Waals surface area contributed by atoms with Gasteiger partial charge < -0.3 is 5.32 Å². The highest BCUT2D eigenvalue weighted by Gasteiger charge is 1.98. The van der Waals surface area contributed by atoms with Crippen LogP contribution in [-0.4, -0.2) is 16.3 Å². The summed E-state index contributed by atoms with van der Waals surface area (Å²) in [6.45, 7) is 5.61. The summed E-state index contributed by atoms with van der Waals surface area (Å²) in [5.41, 5.74) is 2.22. The summed E-state index contributed by atoms with van der Waals surface area (Å²) in [5.74, 6) is 0. The van der Waals surface area contributed by atoms with Crippen LogP contribution in [0.5, 0.6) is 0 Å². The molecule has 0 aliphatic heterocycles. The molecule has 1 aromatic heterocycles. The second kappa shape index (κ2) is 4.51. The first-order valence-electron chi connectivity index (χ1n) is 4.37. The van der Waals surface area contributed by atoms with Gasteiger partial charge in [0.25, 0.3) is 0 Å². The van der Waals surface area contributed by atoms with Gasteiger partial charge in [0.1, 0.15) is 0 Å². The predicted molar refractivity (Wildman–Crippen MR) is 49.9 cm³/mol. The molecule has 1 N–H and O–H groups in total. The van der Waals surface area contributed by atoms with Crippen LogP contribution in [0, 0.1) is 25.3 Å². The number of nitrogens with zero attached hydrogens (tertiary/aromatic N) is 3. The normalized spacial score (nSPS) is 9.62. The minimum atomic E-state index is 0.717. The Kier molecular flexibility index (Phi) is 3.32. The van der Waals surface area contributed by atoms with Gasteiger partial charge in [-0.15, -0.1) is 0 Å². The van der Waals surface area contributed by atoms with Crippen LogP contribution in [0.4, 0.5) is 0 Å². The van der Waals surface area contributed by atoms with Crippen LogP contribution in [0.2, 0.25) is 0 Å². The molecule has 4 nitrogen and oxygen atoms in total.